The van der Waals surface area contributed by atoms with Gasteiger partial charge in [0, 0.05) is 17.3 Å². The molecule has 0 saturated heterocycles. The number of nitrogens with zero attached hydrogens (tertiary/aromatic N) is 3. The zero-order valence-corrected chi connectivity index (χ0v) is 19.8. The van der Waals surface area contributed by atoms with E-state index < -0.39 is 12.1 Å². The fourth-order valence-electron chi connectivity index (χ4n) is 3.62. The molecule has 0 atom stereocenters. The van der Waals surface area contributed by atoms with Crippen molar-refractivity contribution >= 4 is 35.0 Å². The standard InChI is InChI=1S/C26H22ClN3O5/c1-3-34-26(33)30(22-7-5-4-6-20(22)27)24-16(2)29-35-25(24)19-11-9-18(10-12-19)21-13-8-17(15-28-21)14-23(31)32/h4-13,15H,3,14H2,1-2H3,(H,31,32). The SMILES string of the molecule is CCOC(=O)N(c1ccccc1Cl)c1c(C)noc1-c1ccc(-c2ccc(CC(=O)O)cn2)cc1. The van der Waals surface area contributed by atoms with Crippen molar-refractivity contribution in [3.63, 3.8) is 0 Å². The highest BCUT2D eigenvalue weighted by Crippen LogP contribution is 2.41. The number of amides is 1. The number of pyridine rings is 1. The van der Waals surface area contributed by atoms with E-state index >= 15 is 0 Å². The lowest BCUT2D eigenvalue weighted by Crippen LogP contribution is -2.27. The van der Waals surface area contributed by atoms with Crippen molar-refractivity contribution in [3.8, 4) is 22.6 Å². The van der Waals surface area contributed by atoms with Gasteiger partial charge in [0.25, 0.3) is 0 Å². The molecule has 4 rings (SSSR count). The van der Waals surface area contributed by atoms with Gasteiger partial charge in [-0.2, -0.15) is 0 Å². The average Bonchev–Trinajstić information content (AvgIpc) is 3.22. The molecule has 1 N–H and O–H groups in total. The summed E-state index contributed by atoms with van der Waals surface area (Å²) in [5.74, 6) is -0.525. The van der Waals surface area contributed by atoms with Gasteiger partial charge in [0.1, 0.15) is 11.4 Å². The molecule has 0 bridgehead atoms. The second kappa shape index (κ2) is 10.4. The van der Waals surface area contributed by atoms with Crippen LogP contribution in [-0.4, -0.2) is 33.9 Å². The molecule has 4 aromatic rings. The first-order valence-electron chi connectivity index (χ1n) is 10.8. The second-order valence-corrected chi connectivity index (χ2v) is 8.04. The average molecular weight is 492 g/mol. The predicted molar refractivity (Wildman–Crippen MR) is 132 cm³/mol. The van der Waals surface area contributed by atoms with Crippen LogP contribution in [-0.2, 0) is 16.0 Å². The maximum atomic E-state index is 13.0. The Labute approximate surface area is 206 Å². The van der Waals surface area contributed by atoms with Crippen LogP contribution in [0.3, 0.4) is 0 Å². The Kier molecular flexibility index (Phi) is 7.12. The van der Waals surface area contributed by atoms with Crippen molar-refractivity contribution in [1.29, 1.82) is 0 Å². The molecule has 9 heteroatoms. The summed E-state index contributed by atoms with van der Waals surface area (Å²) in [5, 5.41) is 13.4. The molecule has 0 radical (unpaired) electrons. The number of aryl methyl sites for hydroxylation is 1. The fourth-order valence-corrected chi connectivity index (χ4v) is 3.84. The molecule has 8 nitrogen and oxygen atoms in total. The number of aromatic nitrogens is 2. The van der Waals surface area contributed by atoms with Crippen LogP contribution in [0.4, 0.5) is 16.2 Å². The van der Waals surface area contributed by atoms with Crippen LogP contribution < -0.4 is 4.90 Å². The van der Waals surface area contributed by atoms with Crippen LogP contribution in [0.2, 0.25) is 5.02 Å². The number of para-hydroxylation sites is 1. The van der Waals surface area contributed by atoms with Crippen molar-refractivity contribution in [2.45, 2.75) is 20.3 Å². The Morgan fingerprint density at radius 1 is 1.06 bits per heavy atom. The van der Waals surface area contributed by atoms with E-state index in [2.05, 4.69) is 10.1 Å². The zero-order chi connectivity index (χ0) is 24.9. The summed E-state index contributed by atoms with van der Waals surface area (Å²) < 4.78 is 10.9. The van der Waals surface area contributed by atoms with Gasteiger partial charge in [0.2, 0.25) is 0 Å². The van der Waals surface area contributed by atoms with E-state index in [1.54, 1.807) is 56.4 Å². The summed E-state index contributed by atoms with van der Waals surface area (Å²) in [6, 6.07) is 17.9. The van der Waals surface area contributed by atoms with Crippen molar-refractivity contribution in [1.82, 2.24) is 10.1 Å². The van der Waals surface area contributed by atoms with E-state index in [1.807, 2.05) is 24.3 Å². The van der Waals surface area contributed by atoms with Crippen molar-refractivity contribution < 1.29 is 24.0 Å². The molecule has 35 heavy (non-hydrogen) atoms. The molecular weight excluding hydrogens is 470 g/mol. The van der Waals surface area contributed by atoms with Crippen LogP contribution in [0.25, 0.3) is 22.6 Å². The molecule has 0 unspecified atom stereocenters. The Morgan fingerprint density at radius 2 is 1.77 bits per heavy atom. The second-order valence-electron chi connectivity index (χ2n) is 7.63. The number of rotatable bonds is 7. The molecule has 2 heterocycles. The Bertz CT molecular complexity index is 1350. The number of carboxylic acid groups (broad SMARTS) is 1. The molecule has 1 amide bonds. The zero-order valence-electron chi connectivity index (χ0n) is 19.1. The normalized spacial score (nSPS) is 10.7. The van der Waals surface area contributed by atoms with E-state index in [1.165, 1.54) is 4.90 Å². The fraction of sp³-hybridized carbons (Fsp3) is 0.154. The number of aliphatic carboxylic acids is 1. The summed E-state index contributed by atoms with van der Waals surface area (Å²) in [5.41, 5.74) is 4.22. The first-order chi connectivity index (χ1) is 16.9. The number of carbonyl (C=O) groups excluding carboxylic acids is 1. The minimum atomic E-state index is -0.907. The largest absolute Gasteiger partial charge is 0.481 e. The van der Waals surface area contributed by atoms with Gasteiger partial charge in [-0.25, -0.2) is 9.69 Å². The molecule has 0 aliphatic rings. The van der Waals surface area contributed by atoms with Crippen molar-refractivity contribution in [2.24, 2.45) is 0 Å². The summed E-state index contributed by atoms with van der Waals surface area (Å²) >= 11 is 6.42. The number of hydrogen-bond donors (Lipinski definition) is 1. The molecule has 2 aromatic heterocycles. The maximum absolute atomic E-state index is 13.0. The highest BCUT2D eigenvalue weighted by molar-refractivity contribution is 6.34. The Morgan fingerprint density at radius 3 is 2.40 bits per heavy atom. The number of benzene rings is 2. The number of halogens is 1. The lowest BCUT2D eigenvalue weighted by molar-refractivity contribution is -0.136. The molecule has 0 fully saturated rings. The Balaban J connectivity index is 1.71. The van der Waals surface area contributed by atoms with Crippen LogP contribution >= 0.6 is 11.6 Å². The molecular formula is C26H22ClN3O5. The van der Waals surface area contributed by atoms with E-state index in [0.717, 1.165) is 5.56 Å². The van der Waals surface area contributed by atoms with Gasteiger partial charge in [-0.3, -0.25) is 9.78 Å². The van der Waals surface area contributed by atoms with Crippen molar-refractivity contribution in [2.75, 3.05) is 11.5 Å². The van der Waals surface area contributed by atoms with E-state index in [-0.39, 0.29) is 13.0 Å². The first kappa shape index (κ1) is 24.0. The van der Waals surface area contributed by atoms with E-state index in [4.69, 9.17) is 26.0 Å². The quantitative estimate of drug-likeness (QED) is 0.324. The van der Waals surface area contributed by atoms with Gasteiger partial charge in [-0.05, 0) is 37.6 Å². The molecule has 0 saturated carbocycles. The monoisotopic (exact) mass is 491 g/mol. The number of hydrogen-bond acceptors (Lipinski definition) is 6. The summed E-state index contributed by atoms with van der Waals surface area (Å²) in [7, 11) is 0. The van der Waals surface area contributed by atoms with Gasteiger partial charge in [-0.1, -0.05) is 59.2 Å². The lowest BCUT2D eigenvalue weighted by atomic mass is 10.0. The number of anilines is 2. The minimum Gasteiger partial charge on any atom is -0.481 e. The molecule has 178 valence electrons. The lowest BCUT2D eigenvalue weighted by Gasteiger charge is -2.23. The molecule has 2 aromatic carbocycles. The van der Waals surface area contributed by atoms with Gasteiger partial charge in [-0.15, -0.1) is 0 Å². The number of carbonyl (C=O) groups is 2. The molecule has 0 aliphatic carbocycles. The first-order valence-corrected chi connectivity index (χ1v) is 11.2. The Hall–Kier alpha value is -4.17. The van der Waals surface area contributed by atoms with Crippen LogP contribution in [0.15, 0.2) is 71.4 Å². The predicted octanol–water partition coefficient (Wildman–Crippen LogP) is 6.29. The molecule has 0 aliphatic heterocycles. The smallest absolute Gasteiger partial charge is 0.419 e. The maximum Gasteiger partial charge on any atom is 0.419 e. The van der Waals surface area contributed by atoms with E-state index in [9.17, 15) is 9.59 Å². The number of ether oxygens (including phenoxy) is 1. The van der Waals surface area contributed by atoms with Crippen molar-refractivity contribution in [3.05, 3.63) is 83.1 Å². The highest BCUT2D eigenvalue weighted by atomic mass is 35.5. The molecule has 0 spiro atoms. The number of carboxylic acids is 1. The third-order valence-electron chi connectivity index (χ3n) is 5.22. The van der Waals surface area contributed by atoms with Crippen LogP contribution in [0, 0.1) is 6.92 Å². The third kappa shape index (κ3) is 5.17. The highest BCUT2D eigenvalue weighted by Gasteiger charge is 2.30. The van der Waals surface area contributed by atoms with Gasteiger partial charge in [0.05, 0.1) is 29.4 Å². The summed E-state index contributed by atoms with van der Waals surface area (Å²) in [4.78, 5) is 29.6. The van der Waals surface area contributed by atoms with Gasteiger partial charge in [0.15, 0.2) is 5.76 Å². The van der Waals surface area contributed by atoms with Crippen LogP contribution in [0.1, 0.15) is 18.2 Å². The van der Waals surface area contributed by atoms with Crippen LogP contribution in [0.5, 0.6) is 0 Å². The van der Waals surface area contributed by atoms with Gasteiger partial charge >= 0.3 is 12.1 Å². The van der Waals surface area contributed by atoms with E-state index in [0.29, 0.717) is 44.7 Å². The summed E-state index contributed by atoms with van der Waals surface area (Å²) in [6.07, 6.45) is 0.869. The topological polar surface area (TPSA) is 106 Å². The minimum absolute atomic E-state index is 0.0811. The van der Waals surface area contributed by atoms with Gasteiger partial charge < -0.3 is 14.4 Å². The third-order valence-corrected chi connectivity index (χ3v) is 5.54. The summed E-state index contributed by atoms with van der Waals surface area (Å²) in [6.45, 7) is 3.65.